The molecule has 1 heterocycles. The minimum atomic E-state index is 0.311. The van der Waals surface area contributed by atoms with Crippen LogP contribution >= 0.6 is 0 Å². The molecule has 1 atom stereocenters. The van der Waals surface area contributed by atoms with Gasteiger partial charge in [0.15, 0.2) is 5.78 Å². The molecule has 2 heteroatoms. The van der Waals surface area contributed by atoms with E-state index in [2.05, 4.69) is 11.9 Å². The lowest BCUT2D eigenvalue weighted by Gasteiger charge is -2.24. The Hall–Kier alpha value is -0.920. The average molecular weight is 177 g/mol. The Labute approximate surface area is 78.7 Å². The van der Waals surface area contributed by atoms with E-state index in [1.165, 1.54) is 6.42 Å². The monoisotopic (exact) mass is 177 g/mol. The van der Waals surface area contributed by atoms with Gasteiger partial charge in [-0.15, -0.1) is 0 Å². The molecular formula is C11H15NO. The maximum atomic E-state index is 11.7. The van der Waals surface area contributed by atoms with E-state index in [4.69, 9.17) is 0 Å². The quantitative estimate of drug-likeness (QED) is 0.635. The number of aliphatic imine (C=N–C) groups is 1. The zero-order chi connectivity index (χ0) is 9.26. The van der Waals surface area contributed by atoms with Gasteiger partial charge in [-0.1, -0.05) is 12.5 Å². The fourth-order valence-corrected chi connectivity index (χ4v) is 1.69. The lowest BCUT2D eigenvalue weighted by molar-refractivity contribution is -0.120. The predicted molar refractivity (Wildman–Crippen MR) is 53.0 cm³/mol. The number of hydrogen-bond donors (Lipinski definition) is 0. The Morgan fingerprint density at radius 3 is 2.77 bits per heavy atom. The van der Waals surface area contributed by atoms with Crippen LogP contribution in [-0.4, -0.2) is 18.0 Å². The number of allylic oxidation sites excluding steroid dienone is 1. The Kier molecular flexibility index (Phi) is 2.30. The van der Waals surface area contributed by atoms with Crippen LogP contribution in [0.4, 0.5) is 0 Å². The first-order valence-electron chi connectivity index (χ1n) is 5.05. The van der Waals surface area contributed by atoms with Crippen molar-refractivity contribution in [3.8, 4) is 0 Å². The number of Topliss-reactive ketones (excluding diaryl/α,β-unsaturated/α-hetero) is 1. The van der Waals surface area contributed by atoms with Gasteiger partial charge in [0, 0.05) is 17.7 Å². The van der Waals surface area contributed by atoms with Crippen molar-refractivity contribution in [1.29, 1.82) is 0 Å². The van der Waals surface area contributed by atoms with Crippen LogP contribution in [0.2, 0.25) is 0 Å². The maximum Gasteiger partial charge on any atom is 0.167 e. The standard InChI is InChI=1S/C11H15NO/c1-8-5-6-10(7-12-8)11(13)9-3-2-4-9/h6-9H,2-5H2,1H3. The maximum absolute atomic E-state index is 11.7. The van der Waals surface area contributed by atoms with Gasteiger partial charge < -0.3 is 0 Å². The molecule has 0 spiro atoms. The largest absolute Gasteiger partial charge is 0.294 e. The summed E-state index contributed by atoms with van der Waals surface area (Å²) in [6.07, 6.45) is 8.10. The summed E-state index contributed by atoms with van der Waals surface area (Å²) in [4.78, 5) is 16.0. The highest BCUT2D eigenvalue weighted by molar-refractivity contribution is 6.14. The fourth-order valence-electron chi connectivity index (χ4n) is 1.69. The molecule has 0 aromatic carbocycles. The smallest absolute Gasteiger partial charge is 0.167 e. The summed E-state index contributed by atoms with van der Waals surface area (Å²) in [5, 5.41) is 0. The molecule has 2 aliphatic rings. The number of nitrogens with zero attached hydrogens (tertiary/aromatic N) is 1. The van der Waals surface area contributed by atoms with E-state index >= 15 is 0 Å². The number of rotatable bonds is 2. The van der Waals surface area contributed by atoms with Crippen LogP contribution in [0, 0.1) is 5.92 Å². The highest BCUT2D eigenvalue weighted by Gasteiger charge is 2.27. The molecule has 0 radical (unpaired) electrons. The van der Waals surface area contributed by atoms with E-state index < -0.39 is 0 Å². The van der Waals surface area contributed by atoms with Gasteiger partial charge in [0.25, 0.3) is 0 Å². The van der Waals surface area contributed by atoms with Crippen molar-refractivity contribution in [3.63, 3.8) is 0 Å². The number of dihydropyridines is 1. The molecule has 13 heavy (non-hydrogen) atoms. The predicted octanol–water partition coefficient (Wildman–Crippen LogP) is 2.15. The van der Waals surface area contributed by atoms with Crippen molar-refractivity contribution in [3.05, 3.63) is 11.6 Å². The first-order chi connectivity index (χ1) is 6.27. The molecule has 0 bridgehead atoms. The fraction of sp³-hybridized carbons (Fsp3) is 0.636. The van der Waals surface area contributed by atoms with Gasteiger partial charge in [0.1, 0.15) is 0 Å². The van der Waals surface area contributed by atoms with E-state index in [-0.39, 0.29) is 0 Å². The molecule has 0 amide bonds. The third-order valence-corrected chi connectivity index (χ3v) is 2.91. The van der Waals surface area contributed by atoms with Gasteiger partial charge in [0.2, 0.25) is 0 Å². The van der Waals surface area contributed by atoms with Gasteiger partial charge in [-0.3, -0.25) is 9.79 Å². The van der Waals surface area contributed by atoms with E-state index in [0.717, 1.165) is 24.8 Å². The second-order valence-corrected chi connectivity index (χ2v) is 4.01. The van der Waals surface area contributed by atoms with Gasteiger partial charge in [-0.05, 0) is 26.2 Å². The molecule has 1 fully saturated rings. The molecule has 1 unspecified atom stereocenters. The summed E-state index contributed by atoms with van der Waals surface area (Å²) in [5.74, 6) is 0.632. The van der Waals surface area contributed by atoms with Crippen molar-refractivity contribution < 1.29 is 4.79 Å². The number of hydrogen-bond acceptors (Lipinski definition) is 2. The normalized spacial score (nSPS) is 28.1. The minimum Gasteiger partial charge on any atom is -0.294 e. The zero-order valence-electron chi connectivity index (χ0n) is 7.99. The Bertz CT molecular complexity index is 274. The number of carbonyl (C=O) groups is 1. The van der Waals surface area contributed by atoms with Gasteiger partial charge in [-0.25, -0.2) is 0 Å². The molecule has 0 aromatic rings. The van der Waals surface area contributed by atoms with Crippen molar-refractivity contribution in [2.75, 3.05) is 0 Å². The van der Waals surface area contributed by atoms with Crippen molar-refractivity contribution in [2.45, 2.75) is 38.6 Å². The summed E-state index contributed by atoms with van der Waals surface area (Å²) in [5.41, 5.74) is 0.850. The second-order valence-electron chi connectivity index (χ2n) is 4.01. The molecule has 2 rings (SSSR count). The second kappa shape index (κ2) is 3.44. The lowest BCUT2D eigenvalue weighted by Crippen LogP contribution is -2.25. The van der Waals surface area contributed by atoms with Crippen molar-refractivity contribution in [2.24, 2.45) is 10.9 Å². The van der Waals surface area contributed by atoms with Crippen LogP contribution in [0.3, 0.4) is 0 Å². The van der Waals surface area contributed by atoms with Gasteiger partial charge >= 0.3 is 0 Å². The molecule has 1 aliphatic carbocycles. The van der Waals surface area contributed by atoms with Crippen molar-refractivity contribution >= 4 is 12.0 Å². The minimum absolute atomic E-state index is 0.311. The topological polar surface area (TPSA) is 29.4 Å². The molecule has 1 aliphatic heterocycles. The third-order valence-electron chi connectivity index (χ3n) is 2.91. The van der Waals surface area contributed by atoms with E-state index in [9.17, 15) is 4.79 Å². The van der Waals surface area contributed by atoms with E-state index in [1.54, 1.807) is 6.21 Å². The summed E-state index contributed by atoms with van der Waals surface area (Å²) in [7, 11) is 0. The van der Waals surface area contributed by atoms with Crippen LogP contribution in [0.1, 0.15) is 32.6 Å². The highest BCUT2D eigenvalue weighted by atomic mass is 16.1. The summed E-state index contributed by atoms with van der Waals surface area (Å²) >= 11 is 0. The zero-order valence-corrected chi connectivity index (χ0v) is 7.99. The molecule has 1 saturated carbocycles. The van der Waals surface area contributed by atoms with Crippen LogP contribution in [0.15, 0.2) is 16.6 Å². The van der Waals surface area contributed by atoms with Crippen molar-refractivity contribution in [1.82, 2.24) is 0 Å². The number of carbonyl (C=O) groups excluding carboxylic acids is 1. The van der Waals surface area contributed by atoms with Crippen LogP contribution in [-0.2, 0) is 4.79 Å². The van der Waals surface area contributed by atoms with Crippen LogP contribution in [0.5, 0.6) is 0 Å². The third kappa shape index (κ3) is 1.71. The van der Waals surface area contributed by atoms with Crippen LogP contribution < -0.4 is 0 Å². The van der Waals surface area contributed by atoms with E-state index in [0.29, 0.717) is 17.7 Å². The molecule has 0 aromatic heterocycles. The lowest BCUT2D eigenvalue weighted by atomic mass is 9.79. The first kappa shape index (κ1) is 8.67. The Balaban J connectivity index is 2.01. The van der Waals surface area contributed by atoms with Gasteiger partial charge in [0.05, 0.1) is 6.04 Å². The number of ketones is 1. The van der Waals surface area contributed by atoms with Gasteiger partial charge in [-0.2, -0.15) is 0 Å². The molecule has 2 nitrogen and oxygen atoms in total. The first-order valence-corrected chi connectivity index (χ1v) is 5.05. The molecular weight excluding hydrogens is 162 g/mol. The molecule has 70 valence electrons. The SMILES string of the molecule is CC1CC=C(C(=O)C2CCC2)C=N1. The molecule has 0 saturated heterocycles. The summed E-state index contributed by atoms with van der Waals surface area (Å²) in [6.45, 7) is 2.07. The highest BCUT2D eigenvalue weighted by Crippen LogP contribution is 2.29. The summed E-state index contributed by atoms with van der Waals surface area (Å²) in [6, 6.07) is 0.359. The summed E-state index contributed by atoms with van der Waals surface area (Å²) < 4.78 is 0. The Morgan fingerprint density at radius 1 is 1.54 bits per heavy atom. The van der Waals surface area contributed by atoms with E-state index in [1.807, 2.05) is 6.08 Å². The Morgan fingerprint density at radius 2 is 2.31 bits per heavy atom. The average Bonchev–Trinajstić information content (AvgIpc) is 2.02. The molecule has 0 N–H and O–H groups in total. The van der Waals surface area contributed by atoms with Crippen LogP contribution in [0.25, 0.3) is 0 Å².